The highest BCUT2D eigenvalue weighted by Crippen LogP contribution is 2.22. The fourth-order valence-corrected chi connectivity index (χ4v) is 1.84. The summed E-state index contributed by atoms with van der Waals surface area (Å²) in [6.07, 6.45) is 3.26. The highest BCUT2D eigenvalue weighted by Gasteiger charge is 2.00. The highest BCUT2D eigenvalue weighted by atomic mass is 16.7. The number of benzene rings is 2. The first-order valence-corrected chi connectivity index (χ1v) is 6.27. The molecule has 4 heteroatoms. The van der Waals surface area contributed by atoms with Crippen molar-refractivity contribution >= 4 is 5.69 Å². The predicted molar refractivity (Wildman–Crippen MR) is 78.2 cm³/mol. The molecule has 0 aliphatic heterocycles. The number of aromatic nitrogens is 2. The summed E-state index contributed by atoms with van der Waals surface area (Å²) in [5, 5.41) is 0. The number of nitrogens with zero attached hydrogens (tertiary/aromatic N) is 2. The van der Waals surface area contributed by atoms with E-state index in [0.29, 0.717) is 0 Å². The Bertz CT molecular complexity index is 672. The van der Waals surface area contributed by atoms with Crippen LogP contribution in [-0.4, -0.2) is 9.97 Å². The molecule has 2 aromatic carbocycles. The summed E-state index contributed by atoms with van der Waals surface area (Å²) < 4.78 is 0. The van der Waals surface area contributed by atoms with Gasteiger partial charge in [-0.25, -0.2) is 15.4 Å². The molecular weight excluding hydrogens is 250 g/mol. The van der Waals surface area contributed by atoms with Crippen LogP contribution in [0.4, 0.5) is 5.69 Å². The van der Waals surface area contributed by atoms with E-state index in [-0.39, 0.29) is 6.01 Å². The van der Waals surface area contributed by atoms with Gasteiger partial charge < -0.3 is 4.84 Å². The molecule has 0 spiro atoms. The van der Waals surface area contributed by atoms with Crippen molar-refractivity contribution in [2.24, 2.45) is 0 Å². The molecule has 1 heterocycles. The molecule has 3 rings (SSSR count). The Labute approximate surface area is 117 Å². The molecule has 0 bridgehead atoms. The minimum Gasteiger partial charge on any atom is -0.340 e. The Morgan fingerprint density at radius 1 is 0.750 bits per heavy atom. The van der Waals surface area contributed by atoms with E-state index < -0.39 is 0 Å². The first-order valence-electron chi connectivity index (χ1n) is 6.27. The summed E-state index contributed by atoms with van der Waals surface area (Å²) in [7, 11) is 0. The van der Waals surface area contributed by atoms with Crippen LogP contribution in [-0.2, 0) is 0 Å². The molecule has 0 atom stereocenters. The molecular formula is C16H13N3O. The molecule has 0 fully saturated rings. The largest absolute Gasteiger partial charge is 0.342 e. The van der Waals surface area contributed by atoms with Gasteiger partial charge in [0.05, 0.1) is 5.69 Å². The molecule has 0 radical (unpaired) electrons. The molecule has 3 aromatic rings. The van der Waals surface area contributed by atoms with Crippen LogP contribution in [0.15, 0.2) is 73.1 Å². The average molecular weight is 263 g/mol. The van der Waals surface area contributed by atoms with Crippen LogP contribution in [0, 0.1) is 0 Å². The van der Waals surface area contributed by atoms with Crippen LogP contribution in [0.2, 0.25) is 0 Å². The van der Waals surface area contributed by atoms with Crippen LogP contribution in [0.1, 0.15) is 0 Å². The van der Waals surface area contributed by atoms with Gasteiger partial charge in [-0.15, -0.1) is 0 Å². The quantitative estimate of drug-likeness (QED) is 0.731. The molecule has 0 saturated carbocycles. The zero-order valence-electron chi connectivity index (χ0n) is 10.7. The average Bonchev–Trinajstić information content (AvgIpc) is 2.55. The maximum absolute atomic E-state index is 5.31. The number of hydrogen-bond acceptors (Lipinski definition) is 4. The normalized spacial score (nSPS) is 10.0. The third-order valence-electron chi connectivity index (χ3n) is 2.77. The number of hydrogen-bond donors (Lipinski definition) is 1. The summed E-state index contributed by atoms with van der Waals surface area (Å²) in [6, 6.07) is 20.2. The van der Waals surface area contributed by atoms with Gasteiger partial charge in [-0.2, -0.15) is 0 Å². The van der Waals surface area contributed by atoms with Crippen molar-refractivity contribution in [2.75, 3.05) is 5.48 Å². The molecule has 0 aliphatic rings. The molecule has 0 aliphatic carbocycles. The van der Waals surface area contributed by atoms with Gasteiger partial charge in [0.15, 0.2) is 0 Å². The maximum atomic E-state index is 5.31. The SMILES string of the molecule is c1ccc(-c2cccc(NOc3ncccn3)c2)cc1. The van der Waals surface area contributed by atoms with Crippen LogP contribution in [0.25, 0.3) is 11.1 Å². The van der Waals surface area contributed by atoms with Crippen molar-refractivity contribution in [2.45, 2.75) is 0 Å². The van der Waals surface area contributed by atoms with Crippen LogP contribution in [0.3, 0.4) is 0 Å². The van der Waals surface area contributed by atoms with E-state index in [9.17, 15) is 0 Å². The van der Waals surface area contributed by atoms with E-state index >= 15 is 0 Å². The molecule has 0 saturated heterocycles. The van der Waals surface area contributed by atoms with Crippen LogP contribution < -0.4 is 10.3 Å². The lowest BCUT2D eigenvalue weighted by Crippen LogP contribution is -2.06. The monoisotopic (exact) mass is 263 g/mol. The molecule has 4 nitrogen and oxygen atoms in total. The fourth-order valence-electron chi connectivity index (χ4n) is 1.84. The van der Waals surface area contributed by atoms with Gasteiger partial charge in [-0.3, -0.25) is 0 Å². The van der Waals surface area contributed by atoms with Gasteiger partial charge in [0.2, 0.25) is 0 Å². The second kappa shape index (κ2) is 5.84. The number of rotatable bonds is 4. The van der Waals surface area contributed by atoms with E-state index in [1.165, 1.54) is 0 Å². The molecule has 1 aromatic heterocycles. The van der Waals surface area contributed by atoms with Gasteiger partial charge in [0.1, 0.15) is 0 Å². The van der Waals surface area contributed by atoms with E-state index in [1.54, 1.807) is 18.5 Å². The lowest BCUT2D eigenvalue weighted by atomic mass is 10.1. The summed E-state index contributed by atoms with van der Waals surface area (Å²) in [6.45, 7) is 0. The Hall–Kier alpha value is -2.88. The topological polar surface area (TPSA) is 47.0 Å². The number of anilines is 1. The molecule has 98 valence electrons. The Balaban J connectivity index is 1.75. The third-order valence-corrected chi connectivity index (χ3v) is 2.77. The zero-order chi connectivity index (χ0) is 13.6. The van der Waals surface area contributed by atoms with Gasteiger partial charge >= 0.3 is 6.01 Å². The van der Waals surface area contributed by atoms with E-state index in [1.807, 2.05) is 36.4 Å². The third kappa shape index (κ3) is 2.92. The van der Waals surface area contributed by atoms with Gasteiger partial charge in [-0.1, -0.05) is 42.5 Å². The standard InChI is InChI=1S/C16H13N3O/c1-2-6-13(7-3-1)14-8-4-9-15(12-14)19-20-16-17-10-5-11-18-16/h1-12,19H. The first kappa shape index (κ1) is 12.2. The van der Waals surface area contributed by atoms with Crippen LogP contribution in [0.5, 0.6) is 6.01 Å². The lowest BCUT2D eigenvalue weighted by Gasteiger charge is -2.08. The molecule has 0 unspecified atom stereocenters. The molecule has 20 heavy (non-hydrogen) atoms. The van der Waals surface area contributed by atoms with E-state index in [4.69, 9.17) is 4.84 Å². The summed E-state index contributed by atoms with van der Waals surface area (Å²) in [5.41, 5.74) is 5.97. The van der Waals surface area contributed by atoms with E-state index in [0.717, 1.165) is 16.8 Å². The Kier molecular flexibility index (Phi) is 3.55. The lowest BCUT2D eigenvalue weighted by molar-refractivity contribution is 0.371. The van der Waals surface area contributed by atoms with Crippen molar-refractivity contribution in [3.63, 3.8) is 0 Å². The summed E-state index contributed by atoms with van der Waals surface area (Å²) >= 11 is 0. The van der Waals surface area contributed by atoms with E-state index in [2.05, 4.69) is 33.6 Å². The summed E-state index contributed by atoms with van der Waals surface area (Å²) in [5.74, 6) is 0. The van der Waals surface area contributed by atoms with Gasteiger partial charge in [0.25, 0.3) is 0 Å². The van der Waals surface area contributed by atoms with Crippen LogP contribution >= 0.6 is 0 Å². The van der Waals surface area contributed by atoms with Gasteiger partial charge in [-0.05, 0) is 29.3 Å². The van der Waals surface area contributed by atoms with Crippen molar-refractivity contribution in [1.82, 2.24) is 9.97 Å². The van der Waals surface area contributed by atoms with Crippen molar-refractivity contribution in [3.8, 4) is 17.1 Å². The minimum atomic E-state index is 0.289. The fraction of sp³-hybridized carbons (Fsp3) is 0. The number of nitrogens with one attached hydrogen (secondary N) is 1. The predicted octanol–water partition coefficient (Wildman–Crippen LogP) is 3.55. The summed E-state index contributed by atoms with van der Waals surface area (Å²) in [4.78, 5) is 13.3. The zero-order valence-corrected chi connectivity index (χ0v) is 10.7. The Morgan fingerprint density at radius 2 is 1.50 bits per heavy atom. The smallest absolute Gasteiger partial charge is 0.340 e. The maximum Gasteiger partial charge on any atom is 0.342 e. The first-order chi connectivity index (χ1) is 9.92. The van der Waals surface area contributed by atoms with Crippen molar-refractivity contribution in [1.29, 1.82) is 0 Å². The second-order valence-corrected chi connectivity index (χ2v) is 4.18. The second-order valence-electron chi connectivity index (χ2n) is 4.18. The highest BCUT2D eigenvalue weighted by molar-refractivity contribution is 5.67. The Morgan fingerprint density at radius 3 is 2.30 bits per heavy atom. The van der Waals surface area contributed by atoms with Crippen molar-refractivity contribution in [3.05, 3.63) is 73.1 Å². The molecule has 0 amide bonds. The van der Waals surface area contributed by atoms with Gasteiger partial charge in [0, 0.05) is 12.4 Å². The minimum absolute atomic E-state index is 0.289. The molecule has 1 N–H and O–H groups in total. The van der Waals surface area contributed by atoms with Crippen molar-refractivity contribution < 1.29 is 4.84 Å².